The van der Waals surface area contributed by atoms with E-state index in [9.17, 15) is 14.4 Å². The molecule has 1 unspecified atom stereocenters. The third-order valence-corrected chi connectivity index (χ3v) is 8.94. The number of ether oxygens (including phenoxy) is 1. The molecule has 1 atom stereocenters. The van der Waals surface area contributed by atoms with Gasteiger partial charge in [0.25, 0.3) is 0 Å². The summed E-state index contributed by atoms with van der Waals surface area (Å²) in [5.74, 6) is 0.485. The van der Waals surface area contributed by atoms with Crippen LogP contribution in [0.25, 0.3) is 33.3 Å². The lowest BCUT2D eigenvalue weighted by molar-refractivity contribution is -0.137. The molecule has 1 aliphatic heterocycles. The van der Waals surface area contributed by atoms with Gasteiger partial charge in [0, 0.05) is 60.2 Å². The number of carbonyl (C=O) groups excluding carboxylic acids is 3. The van der Waals surface area contributed by atoms with Crippen molar-refractivity contribution in [3.8, 4) is 11.4 Å². The number of hydrogen-bond acceptors (Lipinski definition) is 5. The number of likely N-dealkylation sites (tertiary alicyclic amines) is 1. The van der Waals surface area contributed by atoms with Gasteiger partial charge >= 0.3 is 6.09 Å². The molecule has 1 fully saturated rings. The van der Waals surface area contributed by atoms with Crippen molar-refractivity contribution in [2.24, 2.45) is 0 Å². The fourth-order valence-corrected chi connectivity index (χ4v) is 6.76. The second-order valence-electron chi connectivity index (χ2n) is 14.6. The summed E-state index contributed by atoms with van der Waals surface area (Å²) in [6.07, 6.45) is 3.13. The van der Waals surface area contributed by atoms with Crippen molar-refractivity contribution in [2.75, 3.05) is 13.1 Å². The van der Waals surface area contributed by atoms with Crippen LogP contribution in [0.5, 0.6) is 0 Å². The molecule has 0 radical (unpaired) electrons. The third kappa shape index (κ3) is 7.96. The number of imidazole rings is 1. The number of nitrogens with zero attached hydrogens (tertiary/aromatic N) is 3. The summed E-state index contributed by atoms with van der Waals surface area (Å²) < 4.78 is 7.74. The van der Waals surface area contributed by atoms with Gasteiger partial charge in [0.2, 0.25) is 11.8 Å². The fraction of sp³-hybridized carbons (Fsp3) is 0.385. The first-order chi connectivity index (χ1) is 23.4. The quantitative estimate of drug-likeness (QED) is 0.161. The van der Waals surface area contributed by atoms with E-state index < -0.39 is 23.3 Å². The summed E-state index contributed by atoms with van der Waals surface area (Å²) in [6, 6.07) is 25.7. The molecule has 10 heteroatoms. The first-order valence-electron chi connectivity index (χ1n) is 17.0. The van der Waals surface area contributed by atoms with E-state index in [2.05, 4.69) is 38.4 Å². The maximum atomic E-state index is 14.3. The molecule has 3 N–H and O–H groups in total. The number of para-hydroxylation sites is 3. The van der Waals surface area contributed by atoms with E-state index in [1.807, 2.05) is 71.8 Å². The zero-order chi connectivity index (χ0) is 34.8. The van der Waals surface area contributed by atoms with Crippen LogP contribution in [0.4, 0.5) is 4.79 Å². The number of rotatable bonds is 9. The highest BCUT2D eigenvalue weighted by Crippen LogP contribution is 2.33. The number of H-pyrrole nitrogens is 1. The Morgan fingerprint density at radius 1 is 0.918 bits per heavy atom. The van der Waals surface area contributed by atoms with Crippen molar-refractivity contribution in [3.05, 3.63) is 90.6 Å². The SMILES string of the molecule is CC(C)(CC(=O)NC(Cc1c[nH]c2ccccc12)C(=O)N1CCC(n2c(-c3ccccc3)nc3ccccc32)CC1)NC(=O)OC(C)(C)C. The van der Waals surface area contributed by atoms with Crippen LogP contribution in [0.2, 0.25) is 0 Å². The minimum absolute atomic E-state index is 0.0258. The molecule has 3 amide bonds. The Kier molecular flexibility index (Phi) is 9.50. The standard InChI is InChI=1S/C39H46N6O4/c1-38(2,3)49-37(48)43-39(4,5)24-34(46)41-32(23-27-25-40-30-16-10-9-15-29(27)30)36(47)44-21-19-28(20-22-44)45-33-18-12-11-17-31(33)42-35(45)26-13-7-6-8-14-26/h6-18,25,28,32,40H,19-24H2,1-5H3,(H,41,46)(H,43,48). The Hall–Kier alpha value is -5.12. The number of aromatic nitrogens is 3. The van der Waals surface area contributed by atoms with Gasteiger partial charge in [-0.3, -0.25) is 9.59 Å². The number of piperidine rings is 1. The Labute approximate surface area is 287 Å². The number of benzene rings is 3. The van der Waals surface area contributed by atoms with E-state index in [4.69, 9.17) is 9.72 Å². The van der Waals surface area contributed by atoms with Crippen molar-refractivity contribution in [3.63, 3.8) is 0 Å². The first kappa shape index (κ1) is 33.8. The van der Waals surface area contributed by atoms with Gasteiger partial charge in [-0.15, -0.1) is 0 Å². The van der Waals surface area contributed by atoms with Crippen molar-refractivity contribution in [1.82, 2.24) is 30.1 Å². The predicted octanol–water partition coefficient (Wildman–Crippen LogP) is 6.77. The van der Waals surface area contributed by atoms with Crippen LogP contribution in [-0.4, -0.2) is 67.6 Å². The molecule has 256 valence electrons. The molecule has 0 saturated carbocycles. The van der Waals surface area contributed by atoms with Gasteiger partial charge in [0.1, 0.15) is 17.5 Å². The van der Waals surface area contributed by atoms with Crippen LogP contribution >= 0.6 is 0 Å². The van der Waals surface area contributed by atoms with Crippen LogP contribution in [0.15, 0.2) is 85.1 Å². The summed E-state index contributed by atoms with van der Waals surface area (Å²) in [4.78, 5) is 50.5. The van der Waals surface area contributed by atoms with Gasteiger partial charge in [0.15, 0.2) is 0 Å². The maximum Gasteiger partial charge on any atom is 0.408 e. The molecule has 3 heterocycles. The van der Waals surface area contributed by atoms with Crippen molar-refractivity contribution < 1.29 is 19.1 Å². The second kappa shape index (κ2) is 13.8. The van der Waals surface area contributed by atoms with E-state index in [-0.39, 0.29) is 24.3 Å². The van der Waals surface area contributed by atoms with Crippen LogP contribution in [0, 0.1) is 0 Å². The molecule has 3 aromatic carbocycles. The van der Waals surface area contributed by atoms with Crippen LogP contribution in [0.3, 0.4) is 0 Å². The molecule has 1 aliphatic rings. The van der Waals surface area contributed by atoms with Gasteiger partial charge in [-0.25, -0.2) is 9.78 Å². The Balaban J connectivity index is 1.19. The van der Waals surface area contributed by atoms with Crippen molar-refractivity contribution >= 4 is 39.8 Å². The number of hydrogen-bond donors (Lipinski definition) is 3. The van der Waals surface area contributed by atoms with Gasteiger partial charge in [-0.1, -0.05) is 60.7 Å². The van der Waals surface area contributed by atoms with E-state index in [0.29, 0.717) is 19.5 Å². The molecule has 2 aromatic heterocycles. The zero-order valence-electron chi connectivity index (χ0n) is 29.0. The number of amides is 3. The van der Waals surface area contributed by atoms with Crippen LogP contribution in [-0.2, 0) is 20.7 Å². The van der Waals surface area contributed by atoms with Crippen LogP contribution < -0.4 is 10.6 Å². The summed E-state index contributed by atoms with van der Waals surface area (Å²) in [5.41, 5.74) is 3.45. The first-order valence-corrected chi connectivity index (χ1v) is 17.0. The van der Waals surface area contributed by atoms with Crippen molar-refractivity contribution in [1.29, 1.82) is 0 Å². The Bertz CT molecular complexity index is 1950. The molecular formula is C39H46N6O4. The average molecular weight is 663 g/mol. The minimum atomic E-state index is -0.900. The Morgan fingerprint density at radius 2 is 1.59 bits per heavy atom. The van der Waals surface area contributed by atoms with E-state index in [1.54, 1.807) is 34.6 Å². The average Bonchev–Trinajstić information content (AvgIpc) is 3.65. The van der Waals surface area contributed by atoms with E-state index in [0.717, 1.165) is 51.7 Å². The molecule has 5 aromatic rings. The zero-order valence-corrected chi connectivity index (χ0v) is 29.0. The lowest BCUT2D eigenvalue weighted by atomic mass is 9.98. The molecule has 0 bridgehead atoms. The summed E-state index contributed by atoms with van der Waals surface area (Å²) >= 11 is 0. The largest absolute Gasteiger partial charge is 0.444 e. The third-order valence-electron chi connectivity index (χ3n) is 8.94. The molecule has 0 spiro atoms. The monoisotopic (exact) mass is 662 g/mol. The molecular weight excluding hydrogens is 616 g/mol. The minimum Gasteiger partial charge on any atom is -0.444 e. The number of nitrogens with one attached hydrogen (secondary N) is 3. The summed E-state index contributed by atoms with van der Waals surface area (Å²) in [5, 5.41) is 6.85. The number of carbonyl (C=O) groups is 3. The van der Waals surface area contributed by atoms with Gasteiger partial charge in [0.05, 0.1) is 11.0 Å². The van der Waals surface area contributed by atoms with E-state index in [1.165, 1.54) is 0 Å². The van der Waals surface area contributed by atoms with Gasteiger partial charge in [-0.2, -0.15) is 0 Å². The summed E-state index contributed by atoms with van der Waals surface area (Å²) in [6.45, 7) is 10.00. The number of aromatic amines is 1. The lowest BCUT2D eigenvalue weighted by Crippen LogP contribution is -2.54. The van der Waals surface area contributed by atoms with Gasteiger partial charge in [-0.05, 0) is 71.2 Å². The fourth-order valence-electron chi connectivity index (χ4n) is 6.76. The molecule has 1 saturated heterocycles. The predicted molar refractivity (Wildman–Crippen MR) is 192 cm³/mol. The highest BCUT2D eigenvalue weighted by atomic mass is 16.6. The molecule has 6 rings (SSSR count). The Morgan fingerprint density at radius 3 is 2.33 bits per heavy atom. The molecule has 0 aliphatic carbocycles. The van der Waals surface area contributed by atoms with Crippen LogP contribution in [0.1, 0.15) is 65.5 Å². The lowest BCUT2D eigenvalue weighted by Gasteiger charge is -2.36. The normalized spacial score (nSPS) is 14.9. The molecule has 10 nitrogen and oxygen atoms in total. The maximum absolute atomic E-state index is 14.3. The highest BCUT2D eigenvalue weighted by molar-refractivity contribution is 5.90. The number of alkyl carbamates (subject to hydrolysis) is 1. The number of fused-ring (bicyclic) bond motifs is 2. The molecule has 49 heavy (non-hydrogen) atoms. The summed E-state index contributed by atoms with van der Waals surface area (Å²) in [7, 11) is 0. The smallest absolute Gasteiger partial charge is 0.408 e. The van der Waals surface area contributed by atoms with Gasteiger partial charge < -0.3 is 29.8 Å². The second-order valence-corrected chi connectivity index (χ2v) is 14.6. The van der Waals surface area contributed by atoms with E-state index >= 15 is 0 Å². The highest BCUT2D eigenvalue weighted by Gasteiger charge is 2.34. The topological polar surface area (TPSA) is 121 Å². The van der Waals surface area contributed by atoms with Crippen molar-refractivity contribution in [2.45, 2.75) is 83.5 Å².